The Bertz CT molecular complexity index is 760. The highest BCUT2D eigenvalue weighted by molar-refractivity contribution is 5.78. The van der Waals surface area contributed by atoms with Crippen LogP contribution in [0.5, 0.6) is 5.75 Å². The summed E-state index contributed by atoms with van der Waals surface area (Å²) in [5.74, 6) is 0.926. The molecule has 0 bridgehead atoms. The maximum Gasteiger partial charge on any atom is 0.227 e. The van der Waals surface area contributed by atoms with Crippen LogP contribution in [0.1, 0.15) is 17.2 Å². The molecule has 1 aliphatic rings. The summed E-state index contributed by atoms with van der Waals surface area (Å²) in [5, 5.41) is 9.62. The van der Waals surface area contributed by atoms with E-state index in [0.29, 0.717) is 32.6 Å². The highest BCUT2D eigenvalue weighted by atomic mass is 16.5. The average Bonchev–Trinajstić information content (AvgIpc) is 2.70. The van der Waals surface area contributed by atoms with E-state index in [0.717, 1.165) is 16.9 Å². The third kappa shape index (κ3) is 4.22. The van der Waals surface area contributed by atoms with Crippen molar-refractivity contribution in [2.75, 3.05) is 33.3 Å². The lowest BCUT2D eigenvalue weighted by Gasteiger charge is -2.37. The lowest BCUT2D eigenvalue weighted by atomic mass is 10.1. The van der Waals surface area contributed by atoms with Crippen LogP contribution in [0.25, 0.3) is 0 Å². The number of rotatable bonds is 5. The minimum absolute atomic E-state index is 0.147. The van der Waals surface area contributed by atoms with E-state index in [-0.39, 0.29) is 11.9 Å². The van der Waals surface area contributed by atoms with E-state index in [9.17, 15) is 10.1 Å². The highest BCUT2D eigenvalue weighted by Crippen LogP contribution is 2.24. The molecule has 1 amide bonds. The van der Waals surface area contributed by atoms with Crippen LogP contribution >= 0.6 is 0 Å². The largest absolute Gasteiger partial charge is 0.497 e. The summed E-state index contributed by atoms with van der Waals surface area (Å²) in [6.45, 7) is 2.70. The standard InChI is InChI=1S/C21H23N3O2/c1-26-19-9-7-18(8-10-19)20(16-22)23-11-13-24(14-12-23)21(25)15-17-5-3-2-4-6-17/h2-10,20H,11-15H2,1H3. The maximum atomic E-state index is 12.5. The van der Waals surface area contributed by atoms with Crippen LogP contribution in [-0.4, -0.2) is 49.0 Å². The highest BCUT2D eigenvalue weighted by Gasteiger charge is 2.27. The topological polar surface area (TPSA) is 56.6 Å². The molecule has 0 aliphatic carbocycles. The molecule has 2 aromatic carbocycles. The first-order valence-electron chi connectivity index (χ1n) is 8.80. The Balaban J connectivity index is 1.58. The Labute approximate surface area is 154 Å². The molecule has 0 N–H and O–H groups in total. The second-order valence-electron chi connectivity index (χ2n) is 6.38. The van der Waals surface area contributed by atoms with E-state index in [2.05, 4.69) is 11.0 Å². The molecule has 1 fully saturated rings. The number of carbonyl (C=O) groups excluding carboxylic acids is 1. The summed E-state index contributed by atoms with van der Waals surface area (Å²) < 4.78 is 5.18. The van der Waals surface area contributed by atoms with Crippen molar-refractivity contribution in [1.29, 1.82) is 5.26 Å². The van der Waals surface area contributed by atoms with Gasteiger partial charge in [-0.2, -0.15) is 5.26 Å². The summed E-state index contributed by atoms with van der Waals surface area (Å²) >= 11 is 0. The molecular formula is C21H23N3O2. The van der Waals surface area contributed by atoms with Gasteiger partial charge in [-0.3, -0.25) is 9.69 Å². The molecule has 1 unspecified atom stereocenters. The molecule has 2 aromatic rings. The quantitative estimate of drug-likeness (QED) is 0.833. The van der Waals surface area contributed by atoms with Gasteiger partial charge in [0, 0.05) is 26.2 Å². The number of hydrogen-bond acceptors (Lipinski definition) is 4. The molecule has 1 atom stereocenters. The molecule has 1 aliphatic heterocycles. The van der Waals surface area contributed by atoms with Crippen molar-refractivity contribution >= 4 is 5.91 Å². The smallest absolute Gasteiger partial charge is 0.227 e. The second kappa shape index (κ2) is 8.50. The average molecular weight is 349 g/mol. The SMILES string of the molecule is COc1ccc(C(C#N)N2CCN(C(=O)Cc3ccccc3)CC2)cc1. The summed E-state index contributed by atoms with van der Waals surface area (Å²) in [6, 6.07) is 19.5. The zero-order chi connectivity index (χ0) is 18.4. The van der Waals surface area contributed by atoms with Crippen LogP contribution in [-0.2, 0) is 11.2 Å². The van der Waals surface area contributed by atoms with Crippen LogP contribution < -0.4 is 4.74 Å². The first-order valence-corrected chi connectivity index (χ1v) is 8.80. The van der Waals surface area contributed by atoms with Crippen molar-refractivity contribution in [3.8, 4) is 11.8 Å². The molecule has 134 valence electrons. The number of nitriles is 1. The Morgan fingerprint density at radius 3 is 2.31 bits per heavy atom. The third-order valence-corrected chi connectivity index (χ3v) is 4.78. The first kappa shape index (κ1) is 18.0. The summed E-state index contributed by atoms with van der Waals surface area (Å²) in [6.07, 6.45) is 0.432. The van der Waals surface area contributed by atoms with Crippen LogP contribution in [0.15, 0.2) is 54.6 Å². The fraction of sp³-hybridized carbons (Fsp3) is 0.333. The number of benzene rings is 2. The van der Waals surface area contributed by atoms with E-state index >= 15 is 0 Å². The van der Waals surface area contributed by atoms with Crippen molar-refractivity contribution in [2.24, 2.45) is 0 Å². The molecule has 0 spiro atoms. The van der Waals surface area contributed by atoms with Crippen molar-refractivity contribution in [3.63, 3.8) is 0 Å². The van der Waals surface area contributed by atoms with Crippen LogP contribution in [0.4, 0.5) is 0 Å². The van der Waals surface area contributed by atoms with Crippen molar-refractivity contribution in [1.82, 2.24) is 9.80 Å². The molecular weight excluding hydrogens is 326 g/mol. The molecule has 5 nitrogen and oxygen atoms in total. The Hall–Kier alpha value is -2.84. The number of nitrogens with zero attached hydrogens (tertiary/aromatic N) is 3. The van der Waals surface area contributed by atoms with Gasteiger partial charge in [0.15, 0.2) is 0 Å². The fourth-order valence-electron chi connectivity index (χ4n) is 3.27. The normalized spacial score (nSPS) is 15.9. The third-order valence-electron chi connectivity index (χ3n) is 4.78. The molecule has 1 heterocycles. The minimum atomic E-state index is -0.299. The van der Waals surface area contributed by atoms with Gasteiger partial charge in [-0.1, -0.05) is 42.5 Å². The zero-order valence-corrected chi connectivity index (χ0v) is 15.0. The fourth-order valence-corrected chi connectivity index (χ4v) is 3.27. The summed E-state index contributed by atoms with van der Waals surface area (Å²) in [5.41, 5.74) is 1.99. The van der Waals surface area contributed by atoms with Crippen molar-refractivity contribution in [2.45, 2.75) is 12.5 Å². The molecule has 1 saturated heterocycles. The van der Waals surface area contributed by atoms with Crippen molar-refractivity contribution < 1.29 is 9.53 Å². The van der Waals surface area contributed by atoms with Gasteiger partial charge in [-0.05, 0) is 23.3 Å². The molecule has 3 rings (SSSR count). The van der Waals surface area contributed by atoms with Gasteiger partial charge in [-0.25, -0.2) is 0 Å². The number of ether oxygens (including phenoxy) is 1. The summed E-state index contributed by atoms with van der Waals surface area (Å²) in [7, 11) is 1.63. The van der Waals surface area contributed by atoms with Gasteiger partial charge in [0.05, 0.1) is 19.6 Å². The monoisotopic (exact) mass is 349 g/mol. The molecule has 0 saturated carbocycles. The Morgan fingerprint density at radius 2 is 1.73 bits per heavy atom. The van der Waals surface area contributed by atoms with Gasteiger partial charge in [0.25, 0.3) is 0 Å². The predicted octanol–water partition coefficient (Wildman–Crippen LogP) is 2.65. The van der Waals surface area contributed by atoms with Gasteiger partial charge < -0.3 is 9.64 Å². The predicted molar refractivity (Wildman–Crippen MR) is 99.6 cm³/mol. The lowest BCUT2D eigenvalue weighted by Crippen LogP contribution is -2.49. The summed E-state index contributed by atoms with van der Waals surface area (Å²) in [4.78, 5) is 16.5. The lowest BCUT2D eigenvalue weighted by molar-refractivity contribution is -0.132. The molecule has 0 aromatic heterocycles. The van der Waals surface area contributed by atoms with Gasteiger partial charge in [0.1, 0.15) is 11.8 Å². The molecule has 5 heteroatoms. The van der Waals surface area contributed by atoms with Gasteiger partial charge in [-0.15, -0.1) is 0 Å². The molecule has 0 radical (unpaired) electrons. The number of methoxy groups -OCH3 is 1. The van der Waals surface area contributed by atoms with Crippen LogP contribution in [0.2, 0.25) is 0 Å². The van der Waals surface area contributed by atoms with Crippen LogP contribution in [0, 0.1) is 11.3 Å². The maximum absolute atomic E-state index is 12.5. The number of carbonyl (C=O) groups is 1. The van der Waals surface area contributed by atoms with E-state index in [1.54, 1.807) is 7.11 Å². The second-order valence-corrected chi connectivity index (χ2v) is 6.38. The van der Waals surface area contributed by atoms with E-state index in [4.69, 9.17) is 4.74 Å². The minimum Gasteiger partial charge on any atom is -0.497 e. The van der Waals surface area contributed by atoms with Crippen LogP contribution in [0.3, 0.4) is 0 Å². The van der Waals surface area contributed by atoms with E-state index in [1.165, 1.54) is 0 Å². The molecule has 26 heavy (non-hydrogen) atoms. The number of piperazine rings is 1. The Kier molecular flexibility index (Phi) is 5.88. The van der Waals surface area contributed by atoms with Gasteiger partial charge in [0.2, 0.25) is 5.91 Å². The number of hydrogen-bond donors (Lipinski definition) is 0. The number of amides is 1. The van der Waals surface area contributed by atoms with E-state index in [1.807, 2.05) is 59.5 Å². The Morgan fingerprint density at radius 1 is 1.08 bits per heavy atom. The zero-order valence-electron chi connectivity index (χ0n) is 15.0. The van der Waals surface area contributed by atoms with Gasteiger partial charge >= 0.3 is 0 Å². The first-order chi connectivity index (χ1) is 12.7. The van der Waals surface area contributed by atoms with Crippen molar-refractivity contribution in [3.05, 3.63) is 65.7 Å². The van der Waals surface area contributed by atoms with E-state index < -0.39 is 0 Å².